The van der Waals surface area contributed by atoms with Gasteiger partial charge in [0, 0.05) is 16.0 Å². The van der Waals surface area contributed by atoms with E-state index in [4.69, 9.17) is 4.74 Å². The van der Waals surface area contributed by atoms with Crippen LogP contribution in [0.4, 0.5) is 0 Å². The van der Waals surface area contributed by atoms with E-state index >= 15 is 0 Å². The van der Waals surface area contributed by atoms with Gasteiger partial charge in [-0.1, -0.05) is 50.1 Å². The summed E-state index contributed by atoms with van der Waals surface area (Å²) in [6.07, 6.45) is 1.97. The highest BCUT2D eigenvalue weighted by atomic mass is 32.2. The van der Waals surface area contributed by atoms with Gasteiger partial charge in [0.2, 0.25) is 0 Å². The van der Waals surface area contributed by atoms with Crippen LogP contribution in [0.1, 0.15) is 47.8 Å². The Hall–Kier alpha value is -2.71. The van der Waals surface area contributed by atoms with Crippen LogP contribution in [0.25, 0.3) is 5.57 Å². The molecular weight excluding hydrogens is 380 g/mol. The topological polar surface area (TPSA) is 62.1 Å². The smallest absolute Gasteiger partial charge is 0.259 e. The number of nitrogens with one attached hydrogen (secondary N) is 1. The van der Waals surface area contributed by atoms with Crippen LogP contribution in [0.3, 0.4) is 0 Å². The number of amides is 1. The second kappa shape index (κ2) is 9.19. The second-order valence-corrected chi connectivity index (χ2v) is 8.89. The molecule has 0 spiro atoms. The molecule has 0 heterocycles. The minimum absolute atomic E-state index is 0.295. The van der Waals surface area contributed by atoms with Gasteiger partial charge in [-0.25, -0.2) is 0 Å². The highest BCUT2D eigenvalue weighted by Gasteiger charge is 2.26. The molecule has 2 aromatic carbocycles. The van der Waals surface area contributed by atoms with Crippen molar-refractivity contribution in [3.8, 4) is 11.8 Å². The SMILES string of the molecule is COc1cc(SC)ccc1C(=O)N/C(=C(/C#N)c1cc(C)cc(C)c1)C(C)(C)C. The summed E-state index contributed by atoms with van der Waals surface area (Å²) in [5, 5.41) is 13.0. The lowest BCUT2D eigenvalue weighted by atomic mass is 9.86. The molecule has 0 saturated carbocycles. The lowest BCUT2D eigenvalue weighted by molar-refractivity contribution is 0.0955. The molecular formula is C24H28N2O2S. The van der Waals surface area contributed by atoms with Crippen molar-refractivity contribution in [1.29, 1.82) is 5.26 Å². The van der Waals surface area contributed by atoms with Crippen LogP contribution in [-0.2, 0) is 0 Å². The second-order valence-electron chi connectivity index (χ2n) is 8.01. The normalized spacial score (nSPS) is 12.1. The van der Waals surface area contributed by atoms with Crippen molar-refractivity contribution in [2.24, 2.45) is 5.41 Å². The van der Waals surface area contributed by atoms with Gasteiger partial charge in [-0.15, -0.1) is 11.8 Å². The quantitative estimate of drug-likeness (QED) is 0.506. The fourth-order valence-electron chi connectivity index (χ4n) is 3.18. The van der Waals surface area contributed by atoms with Crippen molar-refractivity contribution in [3.63, 3.8) is 0 Å². The van der Waals surface area contributed by atoms with Gasteiger partial charge >= 0.3 is 0 Å². The molecule has 2 aromatic rings. The fraction of sp³-hybridized carbons (Fsp3) is 0.333. The van der Waals surface area contributed by atoms with Crippen LogP contribution in [0.15, 0.2) is 47.0 Å². The summed E-state index contributed by atoms with van der Waals surface area (Å²) in [7, 11) is 1.55. The highest BCUT2D eigenvalue weighted by Crippen LogP contribution is 2.32. The van der Waals surface area contributed by atoms with Gasteiger partial charge in [0.25, 0.3) is 5.91 Å². The molecule has 152 valence electrons. The first-order valence-electron chi connectivity index (χ1n) is 9.37. The lowest BCUT2D eigenvalue weighted by Crippen LogP contribution is -2.31. The zero-order valence-electron chi connectivity index (χ0n) is 18.1. The molecule has 0 fully saturated rings. The van der Waals surface area contributed by atoms with Crippen LogP contribution in [0, 0.1) is 30.6 Å². The van der Waals surface area contributed by atoms with Crippen LogP contribution in [-0.4, -0.2) is 19.3 Å². The molecule has 1 amide bonds. The van der Waals surface area contributed by atoms with Gasteiger partial charge in [0.1, 0.15) is 11.8 Å². The zero-order chi connectivity index (χ0) is 21.8. The number of rotatable bonds is 5. The summed E-state index contributed by atoms with van der Waals surface area (Å²) < 4.78 is 5.42. The number of nitrogens with zero attached hydrogens (tertiary/aromatic N) is 1. The number of carbonyl (C=O) groups excluding carboxylic acids is 1. The molecule has 1 N–H and O–H groups in total. The van der Waals surface area contributed by atoms with E-state index in [2.05, 4.69) is 17.5 Å². The average molecular weight is 409 g/mol. The summed E-state index contributed by atoms with van der Waals surface area (Å²) in [6, 6.07) is 13.8. The Balaban J connectivity index is 2.58. The molecule has 0 bridgehead atoms. The lowest BCUT2D eigenvalue weighted by Gasteiger charge is -2.26. The molecule has 0 aliphatic carbocycles. The van der Waals surface area contributed by atoms with Gasteiger partial charge in [-0.05, 0) is 43.9 Å². The van der Waals surface area contributed by atoms with Crippen molar-refractivity contribution in [2.45, 2.75) is 39.5 Å². The largest absolute Gasteiger partial charge is 0.496 e. The Bertz CT molecular complexity index is 975. The van der Waals surface area contributed by atoms with Gasteiger partial charge in [0.05, 0.1) is 18.2 Å². The first-order valence-corrected chi connectivity index (χ1v) is 10.6. The number of carbonyl (C=O) groups is 1. The minimum atomic E-state index is -0.440. The molecule has 4 nitrogen and oxygen atoms in total. The Morgan fingerprint density at radius 1 is 1.10 bits per heavy atom. The van der Waals surface area contributed by atoms with Gasteiger partial charge in [0.15, 0.2) is 0 Å². The Morgan fingerprint density at radius 3 is 2.21 bits per heavy atom. The number of hydrogen-bond acceptors (Lipinski definition) is 4. The van der Waals surface area contributed by atoms with Crippen molar-refractivity contribution >= 4 is 23.2 Å². The molecule has 0 unspecified atom stereocenters. The first kappa shape index (κ1) is 22.6. The summed E-state index contributed by atoms with van der Waals surface area (Å²) in [4.78, 5) is 14.1. The van der Waals surface area contributed by atoms with Crippen molar-refractivity contribution in [2.75, 3.05) is 13.4 Å². The monoisotopic (exact) mass is 408 g/mol. The number of ether oxygens (including phenoxy) is 1. The molecule has 0 saturated heterocycles. The third kappa shape index (κ3) is 5.42. The standard InChI is InChI=1S/C24H28N2O2S/c1-15-10-16(2)12-17(11-15)20(14-25)22(24(3,4)5)26-23(27)19-9-8-18(29-7)13-21(19)28-6/h8-13H,1-7H3,(H,26,27)/b22-20-. The molecule has 0 aliphatic heterocycles. The summed E-state index contributed by atoms with van der Waals surface area (Å²) in [5.74, 6) is 0.212. The van der Waals surface area contributed by atoms with Gasteiger partial charge in [-0.3, -0.25) is 4.79 Å². The van der Waals surface area contributed by atoms with Gasteiger partial charge < -0.3 is 10.1 Å². The first-order chi connectivity index (χ1) is 13.6. The maximum absolute atomic E-state index is 13.1. The third-order valence-electron chi connectivity index (χ3n) is 4.51. The number of methoxy groups -OCH3 is 1. The minimum Gasteiger partial charge on any atom is -0.496 e. The number of nitriles is 1. The van der Waals surface area contributed by atoms with Gasteiger partial charge in [-0.2, -0.15) is 5.26 Å². The number of hydrogen-bond donors (Lipinski definition) is 1. The third-order valence-corrected chi connectivity index (χ3v) is 5.24. The zero-order valence-corrected chi connectivity index (χ0v) is 19.0. The van der Waals surface area contributed by atoms with Crippen molar-refractivity contribution < 1.29 is 9.53 Å². The molecule has 2 rings (SSSR count). The van der Waals surface area contributed by atoms with Crippen LogP contribution >= 0.6 is 11.8 Å². The van der Waals surface area contributed by atoms with Crippen molar-refractivity contribution in [1.82, 2.24) is 5.32 Å². The van der Waals surface area contributed by atoms with E-state index in [1.165, 1.54) is 0 Å². The van der Waals surface area contributed by atoms with E-state index in [0.717, 1.165) is 21.6 Å². The summed E-state index contributed by atoms with van der Waals surface area (Å²) in [5.41, 5.74) is 4.00. The predicted octanol–water partition coefficient (Wildman–Crippen LogP) is 5.74. The van der Waals surface area contributed by atoms with E-state index in [1.807, 2.05) is 65.1 Å². The maximum atomic E-state index is 13.1. The molecule has 0 radical (unpaired) electrons. The van der Waals surface area contributed by atoms with Crippen LogP contribution in [0.2, 0.25) is 0 Å². The predicted molar refractivity (Wildman–Crippen MR) is 120 cm³/mol. The van der Waals surface area contributed by atoms with E-state index in [1.54, 1.807) is 24.9 Å². The number of aryl methyl sites for hydroxylation is 2. The highest BCUT2D eigenvalue weighted by molar-refractivity contribution is 7.98. The molecule has 0 aromatic heterocycles. The summed E-state index contributed by atoms with van der Waals surface area (Å²) in [6.45, 7) is 9.95. The maximum Gasteiger partial charge on any atom is 0.259 e. The van der Waals surface area contributed by atoms with Crippen LogP contribution < -0.4 is 10.1 Å². The molecule has 0 atom stereocenters. The van der Waals surface area contributed by atoms with Crippen molar-refractivity contribution in [3.05, 3.63) is 64.3 Å². The summed E-state index contributed by atoms with van der Waals surface area (Å²) >= 11 is 1.58. The number of allylic oxidation sites excluding steroid dienone is 2. The van der Waals surface area contributed by atoms with E-state index < -0.39 is 5.41 Å². The van der Waals surface area contributed by atoms with E-state index in [0.29, 0.717) is 22.6 Å². The average Bonchev–Trinajstić information content (AvgIpc) is 2.65. The Labute approximate surface area is 178 Å². The van der Waals surface area contributed by atoms with E-state index in [-0.39, 0.29) is 5.91 Å². The molecule has 29 heavy (non-hydrogen) atoms. The number of benzene rings is 2. The molecule has 5 heteroatoms. The Morgan fingerprint density at radius 2 is 1.72 bits per heavy atom. The number of thioether (sulfide) groups is 1. The van der Waals surface area contributed by atoms with Crippen LogP contribution in [0.5, 0.6) is 5.75 Å². The van der Waals surface area contributed by atoms with E-state index in [9.17, 15) is 10.1 Å². The fourth-order valence-corrected chi connectivity index (χ4v) is 3.60. The Kier molecular flexibility index (Phi) is 7.16. The molecule has 0 aliphatic rings.